The molecule has 0 fully saturated rings. The van der Waals surface area contributed by atoms with Gasteiger partial charge in [-0.3, -0.25) is 4.57 Å². The third-order valence-electron chi connectivity index (χ3n) is 2.80. The maximum absolute atomic E-state index is 6.11. The first-order chi connectivity index (χ1) is 9.63. The van der Waals surface area contributed by atoms with Crippen LogP contribution in [0.15, 0.2) is 29.0 Å². The third-order valence-corrected chi connectivity index (χ3v) is 4.18. The van der Waals surface area contributed by atoms with Crippen LogP contribution in [0.5, 0.6) is 5.88 Å². The molecule has 0 aliphatic heterocycles. The van der Waals surface area contributed by atoms with Crippen LogP contribution in [0.4, 0.5) is 5.95 Å². The molecule has 102 valence electrons. The second-order valence-electron chi connectivity index (χ2n) is 3.93. The van der Waals surface area contributed by atoms with Crippen LogP contribution in [0, 0.1) is 0 Å². The first-order valence-corrected chi connectivity index (χ1v) is 6.78. The van der Waals surface area contributed by atoms with Gasteiger partial charge in [0, 0.05) is 0 Å². The van der Waals surface area contributed by atoms with Gasteiger partial charge in [-0.2, -0.15) is 4.98 Å². The van der Waals surface area contributed by atoms with Crippen LogP contribution in [-0.2, 0) is 0 Å². The smallest absolute Gasteiger partial charge is 0.245 e. The zero-order valence-electron chi connectivity index (χ0n) is 10.3. The Hall–Kier alpha value is -1.86. The van der Waals surface area contributed by atoms with Gasteiger partial charge >= 0.3 is 0 Å². The van der Waals surface area contributed by atoms with Crippen molar-refractivity contribution in [3.8, 4) is 11.6 Å². The molecule has 0 saturated carbocycles. The number of aromatic nitrogens is 4. The summed E-state index contributed by atoms with van der Waals surface area (Å²) in [5, 5.41) is 0.574. The highest BCUT2D eigenvalue weighted by molar-refractivity contribution is 9.10. The van der Waals surface area contributed by atoms with Crippen molar-refractivity contribution in [3.05, 3.63) is 34.0 Å². The van der Waals surface area contributed by atoms with E-state index in [-0.39, 0.29) is 5.95 Å². The van der Waals surface area contributed by atoms with E-state index in [1.807, 2.05) is 12.1 Å². The van der Waals surface area contributed by atoms with Gasteiger partial charge in [0.15, 0.2) is 11.2 Å². The lowest BCUT2D eigenvalue weighted by atomic mass is 10.3. The standard InChI is InChI=1S/C12H9BrClN5O/c1-20-11-9-10(16-5-17-11)19(12(15)18-9)7-4-2-3-6(14)8(7)13/h2-5H,1H3,(H2,15,18). The summed E-state index contributed by atoms with van der Waals surface area (Å²) in [6.07, 6.45) is 1.40. The Morgan fingerprint density at radius 3 is 2.90 bits per heavy atom. The van der Waals surface area contributed by atoms with E-state index in [4.69, 9.17) is 22.1 Å². The zero-order chi connectivity index (χ0) is 14.3. The Morgan fingerprint density at radius 2 is 2.15 bits per heavy atom. The van der Waals surface area contributed by atoms with Crippen molar-refractivity contribution in [2.45, 2.75) is 0 Å². The van der Waals surface area contributed by atoms with Gasteiger partial charge in [-0.1, -0.05) is 17.7 Å². The number of nitrogens with two attached hydrogens (primary N) is 1. The molecule has 3 rings (SSSR count). The van der Waals surface area contributed by atoms with E-state index in [0.29, 0.717) is 26.5 Å². The molecular weight excluding hydrogens is 346 g/mol. The number of imidazole rings is 1. The molecule has 20 heavy (non-hydrogen) atoms. The number of ether oxygens (including phenoxy) is 1. The number of methoxy groups -OCH3 is 1. The van der Waals surface area contributed by atoms with E-state index in [1.54, 1.807) is 10.6 Å². The summed E-state index contributed by atoms with van der Waals surface area (Å²) >= 11 is 9.56. The molecule has 8 heteroatoms. The van der Waals surface area contributed by atoms with E-state index >= 15 is 0 Å². The maximum Gasteiger partial charge on any atom is 0.245 e. The number of halogens is 2. The topological polar surface area (TPSA) is 78.8 Å². The van der Waals surface area contributed by atoms with E-state index in [0.717, 1.165) is 5.69 Å². The fraction of sp³-hybridized carbons (Fsp3) is 0.0833. The minimum absolute atomic E-state index is 0.279. The molecular formula is C12H9BrClN5O. The van der Waals surface area contributed by atoms with Crippen molar-refractivity contribution < 1.29 is 4.74 Å². The van der Waals surface area contributed by atoms with Gasteiger partial charge in [0.2, 0.25) is 11.8 Å². The molecule has 0 amide bonds. The van der Waals surface area contributed by atoms with Gasteiger partial charge in [0.25, 0.3) is 0 Å². The third kappa shape index (κ3) is 1.90. The minimum atomic E-state index is 0.279. The molecule has 0 radical (unpaired) electrons. The van der Waals surface area contributed by atoms with E-state index in [1.165, 1.54) is 13.4 Å². The molecule has 0 atom stereocenters. The quantitative estimate of drug-likeness (QED) is 0.765. The lowest BCUT2D eigenvalue weighted by molar-refractivity contribution is 0.401. The molecule has 0 bridgehead atoms. The molecule has 0 spiro atoms. The number of rotatable bonds is 2. The molecule has 0 aliphatic carbocycles. The predicted molar refractivity (Wildman–Crippen MR) is 80.3 cm³/mol. The number of anilines is 1. The van der Waals surface area contributed by atoms with E-state index < -0.39 is 0 Å². The Morgan fingerprint density at radius 1 is 1.35 bits per heavy atom. The monoisotopic (exact) mass is 353 g/mol. The van der Waals surface area contributed by atoms with Crippen LogP contribution in [0.1, 0.15) is 0 Å². The number of nitrogen functional groups attached to an aromatic ring is 1. The van der Waals surface area contributed by atoms with Gasteiger partial charge in [-0.15, -0.1) is 0 Å². The SMILES string of the molecule is COc1ncnc2c1nc(N)n2-c1cccc(Cl)c1Br. The van der Waals surface area contributed by atoms with Crippen molar-refractivity contribution in [1.82, 2.24) is 19.5 Å². The lowest BCUT2D eigenvalue weighted by Gasteiger charge is -2.09. The van der Waals surface area contributed by atoms with Crippen LogP contribution in [0.2, 0.25) is 5.02 Å². The van der Waals surface area contributed by atoms with Gasteiger partial charge in [0.1, 0.15) is 6.33 Å². The lowest BCUT2D eigenvalue weighted by Crippen LogP contribution is -2.02. The van der Waals surface area contributed by atoms with Gasteiger partial charge in [-0.25, -0.2) is 9.97 Å². The summed E-state index contributed by atoms with van der Waals surface area (Å²) < 4.78 is 7.57. The number of nitrogens with zero attached hydrogens (tertiary/aromatic N) is 4. The second kappa shape index (κ2) is 4.92. The number of hydrogen-bond donors (Lipinski definition) is 1. The summed E-state index contributed by atoms with van der Waals surface area (Å²) in [6.45, 7) is 0. The van der Waals surface area contributed by atoms with Crippen LogP contribution in [0.3, 0.4) is 0 Å². The largest absolute Gasteiger partial charge is 0.479 e. The molecule has 2 heterocycles. The number of benzene rings is 1. The molecule has 3 aromatic rings. The summed E-state index contributed by atoms with van der Waals surface area (Å²) in [5.41, 5.74) is 7.79. The molecule has 2 N–H and O–H groups in total. The summed E-state index contributed by atoms with van der Waals surface area (Å²) in [4.78, 5) is 12.5. The number of fused-ring (bicyclic) bond motifs is 1. The first kappa shape index (κ1) is 13.1. The van der Waals surface area contributed by atoms with Crippen molar-refractivity contribution in [2.75, 3.05) is 12.8 Å². The molecule has 0 unspecified atom stereocenters. The highest BCUT2D eigenvalue weighted by Gasteiger charge is 2.18. The van der Waals surface area contributed by atoms with Crippen LogP contribution >= 0.6 is 27.5 Å². The fourth-order valence-corrected chi connectivity index (χ4v) is 2.55. The van der Waals surface area contributed by atoms with Crippen LogP contribution in [0.25, 0.3) is 16.9 Å². The van der Waals surface area contributed by atoms with Gasteiger partial charge in [0.05, 0.1) is 22.3 Å². The van der Waals surface area contributed by atoms with Crippen molar-refractivity contribution in [1.29, 1.82) is 0 Å². The van der Waals surface area contributed by atoms with Crippen molar-refractivity contribution in [2.24, 2.45) is 0 Å². The predicted octanol–water partition coefficient (Wildman–Crippen LogP) is 2.82. The normalized spacial score (nSPS) is 10.9. The Bertz CT molecular complexity index is 804. The van der Waals surface area contributed by atoms with E-state index in [2.05, 4.69) is 30.9 Å². The molecule has 0 aliphatic rings. The summed E-state index contributed by atoms with van der Waals surface area (Å²) in [5.74, 6) is 0.653. The Labute approximate surface area is 127 Å². The summed E-state index contributed by atoms with van der Waals surface area (Å²) in [7, 11) is 1.52. The zero-order valence-corrected chi connectivity index (χ0v) is 12.7. The maximum atomic E-state index is 6.11. The highest BCUT2D eigenvalue weighted by Crippen LogP contribution is 2.33. The summed E-state index contributed by atoms with van der Waals surface area (Å²) in [6, 6.07) is 5.47. The van der Waals surface area contributed by atoms with Crippen molar-refractivity contribution >= 4 is 44.6 Å². The average Bonchev–Trinajstić information content (AvgIpc) is 2.78. The van der Waals surface area contributed by atoms with Crippen molar-refractivity contribution in [3.63, 3.8) is 0 Å². The average molecular weight is 355 g/mol. The van der Waals surface area contributed by atoms with Crippen LogP contribution in [-0.4, -0.2) is 26.6 Å². The second-order valence-corrected chi connectivity index (χ2v) is 5.13. The molecule has 2 aromatic heterocycles. The van der Waals surface area contributed by atoms with Gasteiger partial charge in [-0.05, 0) is 28.1 Å². The molecule has 1 aromatic carbocycles. The first-order valence-electron chi connectivity index (χ1n) is 5.60. The Balaban J connectivity index is 2.37. The number of hydrogen-bond acceptors (Lipinski definition) is 5. The fourth-order valence-electron chi connectivity index (χ4n) is 1.94. The van der Waals surface area contributed by atoms with Crippen LogP contribution < -0.4 is 10.5 Å². The van der Waals surface area contributed by atoms with E-state index in [9.17, 15) is 0 Å². The highest BCUT2D eigenvalue weighted by atomic mass is 79.9. The Kier molecular flexibility index (Phi) is 3.23. The minimum Gasteiger partial charge on any atom is -0.479 e. The molecule has 0 saturated heterocycles. The van der Waals surface area contributed by atoms with Gasteiger partial charge < -0.3 is 10.5 Å². The molecule has 6 nitrogen and oxygen atoms in total.